The normalized spacial score (nSPS) is 17.2. The van der Waals surface area contributed by atoms with Gasteiger partial charge in [0.1, 0.15) is 0 Å². The molecule has 1 aromatic rings. The summed E-state index contributed by atoms with van der Waals surface area (Å²) in [7, 11) is 1.95. The molecule has 0 spiro atoms. The Morgan fingerprint density at radius 2 is 1.89 bits per heavy atom. The summed E-state index contributed by atoms with van der Waals surface area (Å²) in [5, 5.41) is 4.02. The van der Waals surface area contributed by atoms with Crippen molar-refractivity contribution in [3.05, 3.63) is 28.8 Å². The number of halogens is 1. The van der Waals surface area contributed by atoms with Gasteiger partial charge in [-0.1, -0.05) is 17.7 Å². The highest BCUT2D eigenvalue weighted by atomic mass is 35.5. The predicted molar refractivity (Wildman–Crippen MR) is 83.1 cm³/mol. The second kappa shape index (κ2) is 6.60. The molecule has 19 heavy (non-hydrogen) atoms. The Kier molecular flexibility index (Phi) is 5.08. The van der Waals surface area contributed by atoms with Gasteiger partial charge in [0.2, 0.25) is 0 Å². The molecule has 0 amide bonds. The van der Waals surface area contributed by atoms with Crippen LogP contribution in [0.3, 0.4) is 0 Å². The van der Waals surface area contributed by atoms with Crippen molar-refractivity contribution in [3.8, 4) is 0 Å². The lowest BCUT2D eigenvalue weighted by Gasteiger charge is -2.38. The lowest BCUT2D eigenvalue weighted by Crippen LogP contribution is -2.49. The Bertz CT molecular complexity index is 412. The molecular formula is C15H24ClN3. The Balaban J connectivity index is 2.03. The number of rotatable bonds is 4. The molecule has 1 aliphatic rings. The van der Waals surface area contributed by atoms with E-state index in [1.54, 1.807) is 0 Å². The zero-order chi connectivity index (χ0) is 13.8. The highest BCUT2D eigenvalue weighted by Gasteiger charge is 2.20. The first-order valence-electron chi connectivity index (χ1n) is 7.04. The highest BCUT2D eigenvalue weighted by molar-refractivity contribution is 6.33. The van der Waals surface area contributed by atoms with Gasteiger partial charge in [0, 0.05) is 38.8 Å². The molecule has 1 N–H and O–H groups in total. The van der Waals surface area contributed by atoms with Crippen LogP contribution in [0.15, 0.2) is 18.2 Å². The van der Waals surface area contributed by atoms with Gasteiger partial charge in [-0.3, -0.25) is 4.90 Å². The molecule has 0 aromatic heterocycles. The molecule has 0 atom stereocenters. The third kappa shape index (κ3) is 3.62. The number of nitrogens with one attached hydrogen (secondary N) is 1. The Morgan fingerprint density at radius 1 is 1.21 bits per heavy atom. The van der Waals surface area contributed by atoms with Crippen molar-refractivity contribution in [2.45, 2.75) is 26.4 Å². The maximum absolute atomic E-state index is 6.41. The van der Waals surface area contributed by atoms with Crippen LogP contribution >= 0.6 is 11.6 Å². The van der Waals surface area contributed by atoms with Crippen molar-refractivity contribution < 1.29 is 0 Å². The Hall–Kier alpha value is -0.770. The number of hydrogen-bond acceptors (Lipinski definition) is 3. The molecular weight excluding hydrogens is 258 g/mol. The third-order valence-electron chi connectivity index (χ3n) is 3.78. The molecule has 3 nitrogen and oxygen atoms in total. The number of nitrogens with zero attached hydrogens (tertiary/aromatic N) is 2. The van der Waals surface area contributed by atoms with Crippen LogP contribution in [0.1, 0.15) is 19.4 Å². The minimum atomic E-state index is 0.635. The van der Waals surface area contributed by atoms with Crippen LogP contribution in [0.25, 0.3) is 0 Å². The fraction of sp³-hybridized carbons (Fsp3) is 0.600. The summed E-state index contributed by atoms with van der Waals surface area (Å²) in [6, 6.07) is 7.02. The van der Waals surface area contributed by atoms with E-state index in [-0.39, 0.29) is 0 Å². The molecule has 0 saturated carbocycles. The van der Waals surface area contributed by atoms with Gasteiger partial charge < -0.3 is 10.2 Å². The largest absolute Gasteiger partial charge is 0.368 e. The van der Waals surface area contributed by atoms with Crippen LogP contribution in [0, 0.1) is 0 Å². The third-order valence-corrected chi connectivity index (χ3v) is 4.08. The number of hydrogen-bond donors (Lipinski definition) is 1. The molecule has 0 bridgehead atoms. The van der Waals surface area contributed by atoms with Crippen molar-refractivity contribution >= 4 is 17.3 Å². The molecule has 1 aromatic carbocycles. The van der Waals surface area contributed by atoms with Crippen molar-refractivity contribution in [3.63, 3.8) is 0 Å². The zero-order valence-electron chi connectivity index (χ0n) is 12.1. The lowest BCUT2D eigenvalue weighted by atomic mass is 10.1. The van der Waals surface area contributed by atoms with E-state index in [1.165, 1.54) is 11.3 Å². The van der Waals surface area contributed by atoms with Gasteiger partial charge >= 0.3 is 0 Å². The van der Waals surface area contributed by atoms with Crippen molar-refractivity contribution in [1.82, 2.24) is 10.2 Å². The van der Waals surface area contributed by atoms with Crippen molar-refractivity contribution in [1.29, 1.82) is 0 Å². The second-order valence-corrected chi connectivity index (χ2v) is 5.84. The first-order valence-corrected chi connectivity index (χ1v) is 7.41. The van der Waals surface area contributed by atoms with E-state index < -0.39 is 0 Å². The summed E-state index contributed by atoms with van der Waals surface area (Å²) < 4.78 is 0. The molecule has 0 unspecified atom stereocenters. The Morgan fingerprint density at radius 3 is 2.42 bits per heavy atom. The first-order chi connectivity index (χ1) is 9.11. The highest BCUT2D eigenvalue weighted by Crippen LogP contribution is 2.28. The molecule has 1 heterocycles. The fourth-order valence-electron chi connectivity index (χ4n) is 2.60. The molecule has 106 valence electrons. The molecule has 2 rings (SSSR count). The minimum Gasteiger partial charge on any atom is -0.368 e. The quantitative estimate of drug-likeness (QED) is 0.915. The molecule has 0 radical (unpaired) electrons. The van der Waals surface area contributed by atoms with E-state index in [0.29, 0.717) is 6.04 Å². The summed E-state index contributed by atoms with van der Waals surface area (Å²) >= 11 is 6.41. The average Bonchev–Trinajstić information content (AvgIpc) is 2.39. The summed E-state index contributed by atoms with van der Waals surface area (Å²) in [6.07, 6.45) is 0. The smallest absolute Gasteiger partial charge is 0.0642 e. The molecule has 1 saturated heterocycles. The van der Waals surface area contributed by atoms with Gasteiger partial charge in [-0.25, -0.2) is 0 Å². The van der Waals surface area contributed by atoms with Gasteiger partial charge in [0.25, 0.3) is 0 Å². The second-order valence-electron chi connectivity index (χ2n) is 5.43. The summed E-state index contributed by atoms with van der Waals surface area (Å²) in [5.41, 5.74) is 2.40. The summed E-state index contributed by atoms with van der Waals surface area (Å²) in [5.74, 6) is 0. The van der Waals surface area contributed by atoms with E-state index in [2.05, 4.69) is 47.2 Å². The molecule has 4 heteroatoms. The average molecular weight is 282 g/mol. The van der Waals surface area contributed by atoms with Crippen molar-refractivity contribution in [2.75, 3.05) is 38.1 Å². The first kappa shape index (κ1) is 14.6. The van der Waals surface area contributed by atoms with Crippen LogP contribution in [0.5, 0.6) is 0 Å². The van der Waals surface area contributed by atoms with Crippen LogP contribution in [0.2, 0.25) is 5.02 Å². The van der Waals surface area contributed by atoms with E-state index in [4.69, 9.17) is 11.6 Å². The topological polar surface area (TPSA) is 18.5 Å². The number of benzene rings is 1. The zero-order valence-corrected chi connectivity index (χ0v) is 12.9. The van der Waals surface area contributed by atoms with Crippen LogP contribution in [-0.4, -0.2) is 44.2 Å². The minimum absolute atomic E-state index is 0.635. The Labute approximate surface area is 121 Å². The molecule has 1 aliphatic heterocycles. The maximum Gasteiger partial charge on any atom is 0.0642 e. The standard InChI is InChI=1S/C15H24ClN3/c1-12(2)18-6-8-19(9-7-18)15-5-4-13(11-17-3)10-14(15)16/h4-5,10,12,17H,6-9,11H2,1-3H3. The van der Waals surface area contributed by atoms with Crippen LogP contribution in [0.4, 0.5) is 5.69 Å². The van der Waals surface area contributed by atoms with Gasteiger partial charge in [0.15, 0.2) is 0 Å². The number of anilines is 1. The SMILES string of the molecule is CNCc1ccc(N2CCN(C(C)C)CC2)c(Cl)c1. The summed E-state index contributed by atoms with van der Waals surface area (Å²) in [4.78, 5) is 4.91. The van der Waals surface area contributed by atoms with Crippen molar-refractivity contribution in [2.24, 2.45) is 0 Å². The monoisotopic (exact) mass is 281 g/mol. The van der Waals surface area contributed by atoms with Crippen LogP contribution in [-0.2, 0) is 6.54 Å². The lowest BCUT2D eigenvalue weighted by molar-refractivity contribution is 0.209. The predicted octanol–water partition coefficient (Wildman–Crippen LogP) is 2.59. The maximum atomic E-state index is 6.41. The summed E-state index contributed by atoms with van der Waals surface area (Å²) in [6.45, 7) is 9.73. The van der Waals surface area contributed by atoms with Gasteiger partial charge in [-0.2, -0.15) is 0 Å². The van der Waals surface area contributed by atoms with E-state index >= 15 is 0 Å². The van der Waals surface area contributed by atoms with Gasteiger partial charge in [-0.15, -0.1) is 0 Å². The van der Waals surface area contributed by atoms with E-state index in [0.717, 1.165) is 37.7 Å². The van der Waals surface area contributed by atoms with Crippen LogP contribution < -0.4 is 10.2 Å². The number of piperazine rings is 1. The van der Waals surface area contributed by atoms with Gasteiger partial charge in [0.05, 0.1) is 10.7 Å². The molecule has 1 fully saturated rings. The fourth-order valence-corrected chi connectivity index (χ4v) is 2.92. The van der Waals surface area contributed by atoms with Gasteiger partial charge in [-0.05, 0) is 38.6 Å². The molecule has 0 aliphatic carbocycles. The van der Waals surface area contributed by atoms with E-state index in [9.17, 15) is 0 Å². The van der Waals surface area contributed by atoms with E-state index in [1.807, 2.05) is 7.05 Å².